The topological polar surface area (TPSA) is 64.1 Å². The van der Waals surface area contributed by atoms with Crippen LogP contribution in [0.3, 0.4) is 0 Å². The summed E-state index contributed by atoms with van der Waals surface area (Å²) in [6.07, 6.45) is 1.10. The Hall–Kier alpha value is -2.66. The third-order valence-corrected chi connectivity index (χ3v) is 4.21. The fraction of sp³-hybridized carbons (Fsp3) is 0.286. The summed E-state index contributed by atoms with van der Waals surface area (Å²) in [6, 6.07) is 16.5. The Balaban J connectivity index is 0.00000261. The molecule has 0 amide bonds. The summed E-state index contributed by atoms with van der Waals surface area (Å²) >= 11 is 0. The molecule has 0 atom stereocenters. The Kier molecular flexibility index (Phi) is 7.55. The number of ether oxygens (including phenoxy) is 1. The van der Waals surface area contributed by atoms with Gasteiger partial charge in [-0.15, -0.1) is 22.6 Å². The van der Waals surface area contributed by atoms with E-state index in [1.807, 2.05) is 38.1 Å². The van der Waals surface area contributed by atoms with E-state index in [-0.39, 0.29) is 18.4 Å². The predicted molar refractivity (Wildman–Crippen MR) is 111 cm³/mol. The lowest BCUT2D eigenvalue weighted by Crippen LogP contribution is -2.10. The molecule has 0 saturated carbocycles. The number of hydrogen-bond donors (Lipinski definition) is 1. The lowest BCUT2D eigenvalue weighted by atomic mass is 10.0. The highest BCUT2D eigenvalue weighted by Crippen LogP contribution is 2.28. The standard InChI is InChI=1S/C21H23N3O2.ClH/c1-3-26-20(25)12-7-13-22-21-15(2)14-19(23-24-21)18-11-6-9-16-8-4-5-10-17(16)18;/h4-6,8-11,14H,3,7,12-13H2,1-2H3,(H,22,24);1H. The van der Waals surface area contributed by atoms with E-state index in [0.29, 0.717) is 26.0 Å². The molecule has 3 aromatic rings. The summed E-state index contributed by atoms with van der Waals surface area (Å²) < 4.78 is 4.92. The Bertz CT molecular complexity index is 910. The van der Waals surface area contributed by atoms with Gasteiger partial charge in [0.25, 0.3) is 0 Å². The lowest BCUT2D eigenvalue weighted by Gasteiger charge is -2.10. The van der Waals surface area contributed by atoms with Gasteiger partial charge in [-0.3, -0.25) is 4.79 Å². The van der Waals surface area contributed by atoms with Crippen LogP contribution in [0.2, 0.25) is 0 Å². The van der Waals surface area contributed by atoms with E-state index >= 15 is 0 Å². The van der Waals surface area contributed by atoms with E-state index in [2.05, 4.69) is 39.8 Å². The molecule has 0 fully saturated rings. The molecule has 0 bridgehead atoms. The number of carbonyl (C=O) groups is 1. The van der Waals surface area contributed by atoms with E-state index in [1.165, 1.54) is 10.8 Å². The van der Waals surface area contributed by atoms with Gasteiger partial charge in [-0.25, -0.2) is 0 Å². The Labute approximate surface area is 165 Å². The first kappa shape index (κ1) is 20.6. The number of rotatable bonds is 7. The number of nitrogens with one attached hydrogen (secondary N) is 1. The smallest absolute Gasteiger partial charge is 0.305 e. The second-order valence-corrected chi connectivity index (χ2v) is 6.12. The van der Waals surface area contributed by atoms with Crippen molar-refractivity contribution in [3.8, 4) is 11.3 Å². The monoisotopic (exact) mass is 385 g/mol. The fourth-order valence-electron chi connectivity index (χ4n) is 2.91. The highest BCUT2D eigenvalue weighted by atomic mass is 35.5. The number of halogens is 1. The van der Waals surface area contributed by atoms with Crippen LogP contribution in [0.25, 0.3) is 22.0 Å². The van der Waals surface area contributed by atoms with Gasteiger partial charge in [-0.05, 0) is 42.7 Å². The molecule has 0 radical (unpaired) electrons. The molecule has 1 N–H and O–H groups in total. The van der Waals surface area contributed by atoms with Gasteiger partial charge in [0, 0.05) is 18.5 Å². The first-order valence-electron chi connectivity index (χ1n) is 8.91. The highest BCUT2D eigenvalue weighted by Gasteiger charge is 2.09. The molecule has 0 aliphatic heterocycles. The Morgan fingerprint density at radius 3 is 2.67 bits per heavy atom. The summed E-state index contributed by atoms with van der Waals surface area (Å²) in [6.45, 7) is 4.90. The third kappa shape index (κ3) is 5.17. The van der Waals surface area contributed by atoms with Gasteiger partial charge in [0.1, 0.15) is 0 Å². The molecule has 0 spiro atoms. The van der Waals surface area contributed by atoms with Crippen LogP contribution in [0.15, 0.2) is 48.5 Å². The van der Waals surface area contributed by atoms with Crippen molar-refractivity contribution in [1.82, 2.24) is 10.2 Å². The number of anilines is 1. The molecule has 3 rings (SSSR count). The Morgan fingerprint density at radius 1 is 1.11 bits per heavy atom. The quantitative estimate of drug-likeness (QED) is 0.468. The van der Waals surface area contributed by atoms with Crippen LogP contribution in [0, 0.1) is 6.92 Å². The SMILES string of the molecule is CCOC(=O)CCCNc1nnc(-c2cccc3ccccc23)cc1C.Cl. The first-order valence-corrected chi connectivity index (χ1v) is 8.91. The average Bonchev–Trinajstić information content (AvgIpc) is 2.66. The zero-order chi connectivity index (χ0) is 18.4. The number of benzene rings is 2. The molecular formula is C21H24ClN3O2. The van der Waals surface area contributed by atoms with Gasteiger partial charge >= 0.3 is 5.97 Å². The minimum atomic E-state index is -0.164. The van der Waals surface area contributed by atoms with Crippen molar-refractivity contribution in [2.24, 2.45) is 0 Å². The van der Waals surface area contributed by atoms with Crippen LogP contribution < -0.4 is 5.32 Å². The maximum atomic E-state index is 11.4. The largest absolute Gasteiger partial charge is 0.466 e. The highest BCUT2D eigenvalue weighted by molar-refractivity contribution is 5.95. The lowest BCUT2D eigenvalue weighted by molar-refractivity contribution is -0.143. The second kappa shape index (κ2) is 9.88. The van der Waals surface area contributed by atoms with Gasteiger partial charge in [-0.1, -0.05) is 42.5 Å². The van der Waals surface area contributed by atoms with Crippen molar-refractivity contribution >= 4 is 35.0 Å². The fourth-order valence-corrected chi connectivity index (χ4v) is 2.91. The van der Waals surface area contributed by atoms with Gasteiger partial charge in [0.05, 0.1) is 12.3 Å². The van der Waals surface area contributed by atoms with E-state index in [9.17, 15) is 4.79 Å². The van der Waals surface area contributed by atoms with Gasteiger partial charge in [0.2, 0.25) is 0 Å². The molecule has 0 saturated heterocycles. The third-order valence-electron chi connectivity index (χ3n) is 4.21. The molecule has 6 heteroatoms. The maximum Gasteiger partial charge on any atom is 0.305 e. The van der Waals surface area contributed by atoms with Crippen LogP contribution in [-0.4, -0.2) is 29.3 Å². The number of fused-ring (bicyclic) bond motifs is 1. The summed E-state index contributed by atoms with van der Waals surface area (Å²) in [5, 5.41) is 14.3. The van der Waals surface area contributed by atoms with Crippen molar-refractivity contribution in [2.45, 2.75) is 26.7 Å². The van der Waals surface area contributed by atoms with E-state index in [0.717, 1.165) is 22.6 Å². The summed E-state index contributed by atoms with van der Waals surface area (Å²) in [5.74, 6) is 0.584. The zero-order valence-corrected chi connectivity index (χ0v) is 16.4. The molecule has 1 aromatic heterocycles. The molecule has 0 unspecified atom stereocenters. The molecule has 0 aliphatic carbocycles. The normalized spacial score (nSPS) is 10.3. The molecule has 27 heavy (non-hydrogen) atoms. The summed E-state index contributed by atoms with van der Waals surface area (Å²) in [5.41, 5.74) is 2.96. The second-order valence-electron chi connectivity index (χ2n) is 6.12. The van der Waals surface area contributed by atoms with E-state index < -0.39 is 0 Å². The first-order chi connectivity index (χ1) is 12.7. The maximum absolute atomic E-state index is 11.4. The number of aryl methyl sites for hydroxylation is 1. The minimum Gasteiger partial charge on any atom is -0.466 e. The van der Waals surface area contributed by atoms with E-state index in [4.69, 9.17) is 4.74 Å². The van der Waals surface area contributed by atoms with E-state index in [1.54, 1.807) is 0 Å². The summed E-state index contributed by atoms with van der Waals surface area (Å²) in [7, 11) is 0. The van der Waals surface area contributed by atoms with Crippen LogP contribution in [0.1, 0.15) is 25.3 Å². The van der Waals surface area contributed by atoms with Crippen LogP contribution >= 0.6 is 12.4 Å². The van der Waals surface area contributed by atoms with Crippen LogP contribution in [0.5, 0.6) is 0 Å². The molecule has 0 aliphatic rings. The molecule has 142 valence electrons. The molecule has 2 aromatic carbocycles. The van der Waals surface area contributed by atoms with Gasteiger partial charge < -0.3 is 10.1 Å². The molecule has 1 heterocycles. The van der Waals surface area contributed by atoms with Crippen LogP contribution in [-0.2, 0) is 9.53 Å². The Morgan fingerprint density at radius 2 is 1.89 bits per heavy atom. The minimum absolute atomic E-state index is 0. The number of nitrogens with zero attached hydrogens (tertiary/aromatic N) is 2. The van der Waals surface area contributed by atoms with Crippen molar-refractivity contribution < 1.29 is 9.53 Å². The average molecular weight is 386 g/mol. The number of carbonyl (C=O) groups excluding carboxylic acids is 1. The van der Waals surface area contributed by atoms with Gasteiger partial charge in [0.15, 0.2) is 5.82 Å². The van der Waals surface area contributed by atoms with Crippen molar-refractivity contribution in [3.63, 3.8) is 0 Å². The number of aromatic nitrogens is 2. The molecular weight excluding hydrogens is 362 g/mol. The summed E-state index contributed by atoms with van der Waals surface area (Å²) in [4.78, 5) is 11.4. The van der Waals surface area contributed by atoms with Crippen molar-refractivity contribution in [3.05, 3.63) is 54.1 Å². The number of esters is 1. The van der Waals surface area contributed by atoms with Gasteiger partial charge in [-0.2, -0.15) is 0 Å². The van der Waals surface area contributed by atoms with Crippen molar-refractivity contribution in [1.29, 1.82) is 0 Å². The van der Waals surface area contributed by atoms with Crippen molar-refractivity contribution in [2.75, 3.05) is 18.5 Å². The van der Waals surface area contributed by atoms with Crippen LogP contribution in [0.4, 0.5) is 5.82 Å². The zero-order valence-electron chi connectivity index (χ0n) is 15.6. The number of hydrogen-bond acceptors (Lipinski definition) is 5. The predicted octanol–water partition coefficient (Wildman–Crippen LogP) is 4.78. The molecule has 5 nitrogen and oxygen atoms in total.